The summed E-state index contributed by atoms with van der Waals surface area (Å²) in [6, 6.07) is 17.2. The number of carbonyl (C=O) groups excluding carboxylic acids is 2. The van der Waals surface area contributed by atoms with Gasteiger partial charge in [0.05, 0.1) is 6.42 Å². The Morgan fingerprint density at radius 1 is 1.00 bits per heavy atom. The quantitative estimate of drug-likeness (QED) is 0.820. The van der Waals surface area contributed by atoms with Crippen molar-refractivity contribution in [1.29, 1.82) is 0 Å². The standard InChI is InChI=1S/C21H26N2O2/c1-4-16(3)21(25)22-18-13-11-17(12-14-18)15-20(24)23(5-2)19-9-7-6-8-10-19/h6-14,16H,4-5,15H2,1-3H3,(H,22,25). The van der Waals surface area contributed by atoms with Crippen LogP contribution in [-0.2, 0) is 16.0 Å². The first-order valence-corrected chi connectivity index (χ1v) is 8.80. The number of nitrogens with one attached hydrogen (secondary N) is 1. The summed E-state index contributed by atoms with van der Waals surface area (Å²) in [5.41, 5.74) is 2.60. The lowest BCUT2D eigenvalue weighted by Gasteiger charge is -2.21. The fraction of sp³-hybridized carbons (Fsp3) is 0.333. The van der Waals surface area contributed by atoms with Crippen molar-refractivity contribution >= 4 is 23.2 Å². The van der Waals surface area contributed by atoms with Gasteiger partial charge in [0.15, 0.2) is 0 Å². The van der Waals surface area contributed by atoms with Crippen LogP contribution in [0.4, 0.5) is 11.4 Å². The highest BCUT2D eigenvalue weighted by Crippen LogP contribution is 2.17. The number of hydrogen-bond acceptors (Lipinski definition) is 2. The summed E-state index contributed by atoms with van der Waals surface area (Å²) in [6.07, 6.45) is 1.15. The number of amides is 2. The van der Waals surface area contributed by atoms with Gasteiger partial charge in [-0.05, 0) is 43.2 Å². The normalized spacial score (nSPS) is 11.6. The van der Waals surface area contributed by atoms with Crippen LogP contribution in [0.3, 0.4) is 0 Å². The number of para-hydroxylation sites is 1. The Morgan fingerprint density at radius 2 is 1.64 bits per heavy atom. The first-order chi connectivity index (χ1) is 12.0. The van der Waals surface area contributed by atoms with E-state index in [9.17, 15) is 9.59 Å². The zero-order chi connectivity index (χ0) is 18.2. The molecule has 0 aliphatic carbocycles. The molecule has 132 valence electrons. The minimum absolute atomic E-state index is 0.00904. The number of benzene rings is 2. The molecule has 2 aromatic carbocycles. The SMILES string of the molecule is CCC(C)C(=O)Nc1ccc(CC(=O)N(CC)c2ccccc2)cc1. The van der Waals surface area contributed by atoms with Crippen molar-refractivity contribution in [2.75, 3.05) is 16.8 Å². The first kappa shape index (κ1) is 18.7. The average molecular weight is 338 g/mol. The van der Waals surface area contributed by atoms with Crippen LogP contribution in [0.15, 0.2) is 54.6 Å². The molecule has 1 N–H and O–H groups in total. The maximum Gasteiger partial charge on any atom is 0.231 e. The summed E-state index contributed by atoms with van der Waals surface area (Å²) in [5.74, 6) is 0.0721. The van der Waals surface area contributed by atoms with E-state index in [1.807, 2.05) is 75.4 Å². The first-order valence-electron chi connectivity index (χ1n) is 8.80. The fourth-order valence-corrected chi connectivity index (χ4v) is 2.54. The molecule has 0 spiro atoms. The largest absolute Gasteiger partial charge is 0.326 e. The molecule has 0 aliphatic heterocycles. The molecule has 0 bridgehead atoms. The maximum absolute atomic E-state index is 12.6. The highest BCUT2D eigenvalue weighted by atomic mass is 16.2. The molecular weight excluding hydrogens is 312 g/mol. The van der Waals surface area contributed by atoms with Crippen LogP contribution in [0, 0.1) is 5.92 Å². The Balaban J connectivity index is 2.00. The molecule has 0 saturated carbocycles. The molecular formula is C21H26N2O2. The van der Waals surface area contributed by atoms with Crippen LogP contribution in [0.5, 0.6) is 0 Å². The van der Waals surface area contributed by atoms with E-state index in [2.05, 4.69) is 5.32 Å². The number of carbonyl (C=O) groups is 2. The molecule has 4 nitrogen and oxygen atoms in total. The van der Waals surface area contributed by atoms with Gasteiger partial charge in [-0.15, -0.1) is 0 Å². The smallest absolute Gasteiger partial charge is 0.231 e. The molecule has 2 rings (SSSR count). The molecule has 25 heavy (non-hydrogen) atoms. The fourth-order valence-electron chi connectivity index (χ4n) is 2.54. The molecule has 0 fully saturated rings. The van der Waals surface area contributed by atoms with Gasteiger partial charge in [-0.25, -0.2) is 0 Å². The summed E-state index contributed by atoms with van der Waals surface area (Å²) < 4.78 is 0. The molecule has 0 saturated heterocycles. The molecule has 0 heterocycles. The molecule has 0 aliphatic rings. The van der Waals surface area contributed by atoms with Crippen molar-refractivity contribution in [2.24, 2.45) is 5.92 Å². The van der Waals surface area contributed by atoms with Crippen molar-refractivity contribution in [3.05, 3.63) is 60.2 Å². The van der Waals surface area contributed by atoms with Crippen LogP contribution in [0.1, 0.15) is 32.8 Å². The predicted molar refractivity (Wildman–Crippen MR) is 103 cm³/mol. The highest BCUT2D eigenvalue weighted by Gasteiger charge is 2.14. The summed E-state index contributed by atoms with van der Waals surface area (Å²) in [5, 5.41) is 2.90. The topological polar surface area (TPSA) is 49.4 Å². The summed E-state index contributed by atoms with van der Waals surface area (Å²) in [7, 11) is 0. The second-order valence-electron chi connectivity index (χ2n) is 6.15. The van der Waals surface area contributed by atoms with Crippen molar-refractivity contribution in [1.82, 2.24) is 0 Å². The number of nitrogens with zero attached hydrogens (tertiary/aromatic N) is 1. The average Bonchev–Trinajstić information content (AvgIpc) is 2.64. The van der Waals surface area contributed by atoms with Gasteiger partial charge in [0, 0.05) is 23.8 Å². The van der Waals surface area contributed by atoms with Gasteiger partial charge in [0.2, 0.25) is 11.8 Å². The number of anilines is 2. The third kappa shape index (κ3) is 5.18. The number of likely N-dealkylation sites (N-methyl/N-ethyl adjacent to an activating group) is 1. The predicted octanol–water partition coefficient (Wildman–Crippen LogP) is 4.27. The highest BCUT2D eigenvalue weighted by molar-refractivity contribution is 5.95. The van der Waals surface area contributed by atoms with Gasteiger partial charge >= 0.3 is 0 Å². The van der Waals surface area contributed by atoms with Gasteiger partial charge < -0.3 is 10.2 Å². The van der Waals surface area contributed by atoms with Crippen molar-refractivity contribution in [3.8, 4) is 0 Å². The van der Waals surface area contributed by atoms with Gasteiger partial charge in [0.25, 0.3) is 0 Å². The third-order valence-corrected chi connectivity index (χ3v) is 4.32. The second kappa shape index (κ2) is 9.02. The van der Waals surface area contributed by atoms with E-state index in [0.717, 1.165) is 23.4 Å². The molecule has 1 atom stereocenters. The third-order valence-electron chi connectivity index (χ3n) is 4.32. The van der Waals surface area contributed by atoms with Gasteiger partial charge in [0.1, 0.15) is 0 Å². The summed E-state index contributed by atoms with van der Waals surface area (Å²) in [4.78, 5) is 26.3. The minimum Gasteiger partial charge on any atom is -0.326 e. The van der Waals surface area contributed by atoms with Crippen LogP contribution in [-0.4, -0.2) is 18.4 Å². The van der Waals surface area contributed by atoms with E-state index in [1.54, 1.807) is 4.90 Å². The van der Waals surface area contributed by atoms with Crippen LogP contribution in [0.2, 0.25) is 0 Å². The Hall–Kier alpha value is -2.62. The second-order valence-corrected chi connectivity index (χ2v) is 6.15. The van der Waals surface area contributed by atoms with Crippen molar-refractivity contribution in [2.45, 2.75) is 33.6 Å². The van der Waals surface area contributed by atoms with E-state index in [1.165, 1.54) is 0 Å². The lowest BCUT2D eigenvalue weighted by molar-refractivity contribution is -0.119. The van der Waals surface area contributed by atoms with Crippen LogP contribution in [0.25, 0.3) is 0 Å². The Bertz CT molecular complexity index is 696. The van der Waals surface area contributed by atoms with Crippen molar-refractivity contribution in [3.63, 3.8) is 0 Å². The minimum atomic E-state index is -0.00904. The summed E-state index contributed by atoms with van der Waals surface area (Å²) >= 11 is 0. The Kier molecular flexibility index (Phi) is 6.75. The molecule has 1 unspecified atom stereocenters. The zero-order valence-electron chi connectivity index (χ0n) is 15.2. The monoisotopic (exact) mass is 338 g/mol. The van der Waals surface area contributed by atoms with Gasteiger partial charge in [-0.2, -0.15) is 0 Å². The summed E-state index contributed by atoms with van der Waals surface area (Å²) in [6.45, 7) is 6.50. The van der Waals surface area contributed by atoms with E-state index < -0.39 is 0 Å². The Morgan fingerprint density at radius 3 is 2.20 bits per heavy atom. The lowest BCUT2D eigenvalue weighted by atomic mass is 10.1. The maximum atomic E-state index is 12.6. The molecule has 2 aromatic rings. The van der Waals surface area contributed by atoms with E-state index in [0.29, 0.717) is 13.0 Å². The zero-order valence-corrected chi connectivity index (χ0v) is 15.2. The molecule has 0 aromatic heterocycles. The van der Waals surface area contributed by atoms with E-state index in [-0.39, 0.29) is 17.7 Å². The van der Waals surface area contributed by atoms with Crippen LogP contribution < -0.4 is 10.2 Å². The van der Waals surface area contributed by atoms with E-state index >= 15 is 0 Å². The van der Waals surface area contributed by atoms with Crippen LogP contribution >= 0.6 is 0 Å². The molecule has 0 radical (unpaired) electrons. The van der Waals surface area contributed by atoms with Crippen molar-refractivity contribution < 1.29 is 9.59 Å². The molecule has 2 amide bonds. The van der Waals surface area contributed by atoms with Gasteiger partial charge in [-0.1, -0.05) is 44.2 Å². The molecule has 4 heteroatoms. The number of hydrogen-bond donors (Lipinski definition) is 1. The van der Waals surface area contributed by atoms with E-state index in [4.69, 9.17) is 0 Å². The van der Waals surface area contributed by atoms with Gasteiger partial charge in [-0.3, -0.25) is 9.59 Å². The number of rotatable bonds is 7. The lowest BCUT2D eigenvalue weighted by Crippen LogP contribution is -2.31. The Labute approximate surface area is 149 Å².